The molecule has 0 fully saturated rings. The summed E-state index contributed by atoms with van der Waals surface area (Å²) >= 11 is 0. The number of hydrogen-bond donors (Lipinski definition) is 0. The topological polar surface area (TPSA) is 17.8 Å². The van der Waals surface area contributed by atoms with Crippen LogP contribution in [0.15, 0.2) is 36.5 Å². The van der Waals surface area contributed by atoms with Gasteiger partial charge < -0.3 is 0 Å². The maximum Gasteiger partial charge on any atom is 0.249 e. The van der Waals surface area contributed by atoms with Gasteiger partial charge in [0, 0.05) is 6.20 Å². The first-order chi connectivity index (χ1) is 8.41. The lowest BCUT2D eigenvalue weighted by Crippen LogP contribution is -2.27. The highest BCUT2D eigenvalue weighted by Gasteiger charge is 2.33. The van der Waals surface area contributed by atoms with Crippen LogP contribution in [0.5, 0.6) is 0 Å². The molecule has 0 saturated carbocycles. The number of aryl methyl sites for hydroxylation is 1. The molecule has 96 valence electrons. The minimum absolute atomic E-state index is 0.401. The van der Waals surface area contributed by atoms with Gasteiger partial charge in [0.05, 0.1) is 16.8 Å². The molecule has 1 aromatic heterocycles. The second-order valence-corrected chi connectivity index (χ2v) is 5.00. The van der Waals surface area contributed by atoms with Gasteiger partial charge in [-0.2, -0.15) is 5.10 Å². The predicted octanol–water partition coefficient (Wildman–Crippen LogP) is 3.72. The van der Waals surface area contributed by atoms with E-state index in [1.54, 1.807) is 16.9 Å². The van der Waals surface area contributed by atoms with Gasteiger partial charge in [0.1, 0.15) is 0 Å². The molecular weight excluding hydrogens is 234 g/mol. The number of hydrogen-bond acceptors (Lipinski definition) is 1. The molecular formula is C14H16F2N2. The molecule has 0 aliphatic heterocycles. The molecule has 0 aliphatic carbocycles. The zero-order valence-corrected chi connectivity index (χ0v) is 10.7. The van der Waals surface area contributed by atoms with Crippen molar-refractivity contribution in [2.24, 2.45) is 0 Å². The highest BCUT2D eigenvalue weighted by atomic mass is 19.3. The summed E-state index contributed by atoms with van der Waals surface area (Å²) in [6.07, 6.45) is -0.719. The molecule has 0 saturated heterocycles. The van der Waals surface area contributed by atoms with Crippen molar-refractivity contribution in [3.8, 4) is 5.69 Å². The van der Waals surface area contributed by atoms with Crippen LogP contribution in [0.3, 0.4) is 0 Å². The van der Waals surface area contributed by atoms with Gasteiger partial charge in [-0.25, -0.2) is 13.5 Å². The lowest BCUT2D eigenvalue weighted by atomic mass is 9.90. The zero-order valence-electron chi connectivity index (χ0n) is 10.7. The van der Waals surface area contributed by atoms with E-state index in [9.17, 15) is 8.78 Å². The predicted molar refractivity (Wildman–Crippen MR) is 67.3 cm³/mol. The van der Waals surface area contributed by atoms with Crippen LogP contribution in [-0.2, 0) is 5.41 Å². The van der Waals surface area contributed by atoms with Crippen LogP contribution in [0.1, 0.15) is 25.1 Å². The Morgan fingerprint density at radius 3 is 2.28 bits per heavy atom. The standard InChI is InChI=1S/C14H16F2N2/c1-10-4-6-11(7-5-10)18-9-8-12(17-18)14(2,3)13(15)16/h4-9,13H,1-3H3. The van der Waals surface area contributed by atoms with Gasteiger partial charge in [0.15, 0.2) is 0 Å². The summed E-state index contributed by atoms with van der Waals surface area (Å²) in [4.78, 5) is 0. The molecule has 18 heavy (non-hydrogen) atoms. The number of aromatic nitrogens is 2. The van der Waals surface area contributed by atoms with Crippen LogP contribution < -0.4 is 0 Å². The fourth-order valence-corrected chi connectivity index (χ4v) is 1.62. The third-order valence-corrected chi connectivity index (χ3v) is 3.09. The summed E-state index contributed by atoms with van der Waals surface area (Å²) in [5.41, 5.74) is 1.20. The minimum atomic E-state index is -2.43. The van der Waals surface area contributed by atoms with Gasteiger partial charge in [-0.3, -0.25) is 0 Å². The quantitative estimate of drug-likeness (QED) is 0.811. The Hall–Kier alpha value is -1.71. The van der Waals surface area contributed by atoms with E-state index in [2.05, 4.69) is 5.10 Å². The largest absolute Gasteiger partial charge is 0.249 e. The van der Waals surface area contributed by atoms with E-state index in [0.29, 0.717) is 5.69 Å². The lowest BCUT2D eigenvalue weighted by Gasteiger charge is -2.20. The van der Waals surface area contributed by atoms with E-state index in [0.717, 1.165) is 11.3 Å². The molecule has 0 radical (unpaired) electrons. The fourth-order valence-electron chi connectivity index (χ4n) is 1.62. The van der Waals surface area contributed by atoms with Crippen molar-refractivity contribution in [1.82, 2.24) is 9.78 Å². The highest BCUT2D eigenvalue weighted by Crippen LogP contribution is 2.29. The average molecular weight is 250 g/mol. The van der Waals surface area contributed by atoms with Gasteiger partial charge >= 0.3 is 0 Å². The molecule has 1 aromatic carbocycles. The van der Waals surface area contributed by atoms with Gasteiger partial charge in [0.2, 0.25) is 6.43 Å². The molecule has 0 amide bonds. The van der Waals surface area contributed by atoms with Gasteiger partial charge in [0.25, 0.3) is 0 Å². The van der Waals surface area contributed by atoms with Crippen LogP contribution in [0.4, 0.5) is 8.78 Å². The highest BCUT2D eigenvalue weighted by molar-refractivity contribution is 5.34. The molecule has 0 bridgehead atoms. The van der Waals surface area contributed by atoms with Crippen LogP contribution in [0.25, 0.3) is 5.69 Å². The average Bonchev–Trinajstić information content (AvgIpc) is 2.79. The Morgan fingerprint density at radius 2 is 1.72 bits per heavy atom. The third-order valence-electron chi connectivity index (χ3n) is 3.09. The second-order valence-electron chi connectivity index (χ2n) is 5.00. The lowest BCUT2D eigenvalue weighted by molar-refractivity contribution is 0.0669. The molecule has 0 unspecified atom stereocenters. The number of nitrogens with zero attached hydrogens (tertiary/aromatic N) is 2. The van der Waals surface area contributed by atoms with Crippen molar-refractivity contribution in [3.63, 3.8) is 0 Å². The number of alkyl halides is 2. The molecule has 2 aromatic rings. The third kappa shape index (κ3) is 2.28. The Balaban J connectivity index is 2.34. The summed E-state index contributed by atoms with van der Waals surface area (Å²) in [6.45, 7) is 5.00. The summed E-state index contributed by atoms with van der Waals surface area (Å²) in [5, 5.41) is 4.24. The first-order valence-electron chi connectivity index (χ1n) is 5.82. The first-order valence-corrected chi connectivity index (χ1v) is 5.82. The summed E-state index contributed by atoms with van der Waals surface area (Å²) < 4.78 is 27.5. The number of halogens is 2. The Bertz CT molecular complexity index is 527. The van der Waals surface area contributed by atoms with Gasteiger partial charge in [-0.05, 0) is 39.0 Å². The van der Waals surface area contributed by atoms with E-state index in [1.807, 2.05) is 31.2 Å². The van der Waals surface area contributed by atoms with Gasteiger partial charge in [-0.1, -0.05) is 17.7 Å². The van der Waals surface area contributed by atoms with Crippen LogP contribution >= 0.6 is 0 Å². The summed E-state index contributed by atoms with van der Waals surface area (Å²) in [6, 6.07) is 9.42. The molecule has 2 rings (SSSR count). The van der Waals surface area contributed by atoms with Crippen molar-refractivity contribution >= 4 is 0 Å². The Kier molecular flexibility index (Phi) is 3.20. The monoisotopic (exact) mass is 250 g/mol. The second kappa shape index (κ2) is 4.52. The van der Waals surface area contributed by atoms with Crippen LogP contribution in [-0.4, -0.2) is 16.2 Å². The van der Waals surface area contributed by atoms with Crippen molar-refractivity contribution in [2.45, 2.75) is 32.6 Å². The molecule has 0 aliphatic rings. The molecule has 1 heterocycles. The van der Waals surface area contributed by atoms with E-state index >= 15 is 0 Å². The molecule has 0 spiro atoms. The van der Waals surface area contributed by atoms with E-state index < -0.39 is 11.8 Å². The van der Waals surface area contributed by atoms with E-state index in [-0.39, 0.29) is 0 Å². The maximum atomic E-state index is 12.9. The maximum absolute atomic E-state index is 12.9. The smallest absolute Gasteiger partial charge is 0.241 e. The Labute approximate surface area is 105 Å². The summed E-state index contributed by atoms with van der Waals surface area (Å²) in [5.74, 6) is 0. The molecule has 0 N–H and O–H groups in total. The SMILES string of the molecule is Cc1ccc(-n2ccc(C(C)(C)C(F)F)n2)cc1. The summed E-state index contributed by atoms with van der Waals surface area (Å²) in [7, 11) is 0. The van der Waals surface area contributed by atoms with Crippen LogP contribution in [0.2, 0.25) is 0 Å². The number of rotatable bonds is 3. The van der Waals surface area contributed by atoms with Crippen molar-refractivity contribution < 1.29 is 8.78 Å². The fraction of sp³-hybridized carbons (Fsp3) is 0.357. The first kappa shape index (κ1) is 12.7. The van der Waals surface area contributed by atoms with E-state index in [1.165, 1.54) is 13.8 Å². The molecule has 2 nitrogen and oxygen atoms in total. The van der Waals surface area contributed by atoms with E-state index in [4.69, 9.17) is 0 Å². The minimum Gasteiger partial charge on any atom is -0.241 e. The molecule has 4 heteroatoms. The Morgan fingerprint density at radius 1 is 1.11 bits per heavy atom. The number of benzene rings is 1. The normalized spacial score (nSPS) is 12.1. The zero-order chi connectivity index (χ0) is 13.3. The molecule has 0 atom stereocenters. The van der Waals surface area contributed by atoms with Gasteiger partial charge in [-0.15, -0.1) is 0 Å². The van der Waals surface area contributed by atoms with Crippen molar-refractivity contribution in [2.75, 3.05) is 0 Å². The van der Waals surface area contributed by atoms with Crippen molar-refractivity contribution in [1.29, 1.82) is 0 Å². The van der Waals surface area contributed by atoms with Crippen molar-refractivity contribution in [3.05, 3.63) is 47.8 Å². The van der Waals surface area contributed by atoms with Crippen LogP contribution in [0, 0.1) is 6.92 Å².